The number of hydrogen-bond donors (Lipinski definition) is 3. The van der Waals surface area contributed by atoms with E-state index in [0.29, 0.717) is 43.2 Å². The summed E-state index contributed by atoms with van der Waals surface area (Å²) in [6, 6.07) is 11.4. The number of thiocarbonyl (C=S) groups is 1. The Morgan fingerprint density at radius 1 is 1.13 bits per heavy atom. The first-order valence-corrected chi connectivity index (χ1v) is 14.7. The molecule has 2 heterocycles. The predicted molar refractivity (Wildman–Crippen MR) is 155 cm³/mol. The standard InChI is InChI=1S/C27H32N5O5PS/c1-3-4-5-24-31-25-26(32(24)16-20-7-9-23(18(2)14-20)37-38(33,34)35)21-15-19(6-8-22(21)30-27(25)28)10-12-36-13-11-29-17-39/h6-9,14-15H,3-5,10-13,16H2,1-2H3,(H2,28,30)(H2,33,34,35). The van der Waals surface area contributed by atoms with Crippen LogP contribution in [0.2, 0.25) is 0 Å². The fourth-order valence-electron chi connectivity index (χ4n) is 4.53. The molecule has 4 rings (SSSR count). The molecule has 0 fully saturated rings. The summed E-state index contributed by atoms with van der Waals surface area (Å²) in [4.78, 5) is 31.8. The van der Waals surface area contributed by atoms with Gasteiger partial charge in [0.15, 0.2) is 5.82 Å². The van der Waals surface area contributed by atoms with E-state index in [9.17, 15) is 14.4 Å². The van der Waals surface area contributed by atoms with Crippen molar-refractivity contribution >= 4 is 53.0 Å². The van der Waals surface area contributed by atoms with E-state index in [4.69, 9.17) is 20.0 Å². The number of imidazole rings is 1. The third-order valence-electron chi connectivity index (χ3n) is 6.34. The van der Waals surface area contributed by atoms with E-state index in [0.717, 1.165) is 59.1 Å². The normalized spacial score (nSPS) is 11.7. The molecule has 2 aromatic heterocycles. The van der Waals surface area contributed by atoms with Crippen molar-refractivity contribution in [1.82, 2.24) is 14.5 Å². The zero-order valence-electron chi connectivity index (χ0n) is 22.0. The molecule has 0 saturated carbocycles. The Labute approximate surface area is 232 Å². The minimum atomic E-state index is -4.65. The van der Waals surface area contributed by atoms with E-state index >= 15 is 0 Å². The van der Waals surface area contributed by atoms with Gasteiger partial charge in [-0.1, -0.05) is 31.5 Å². The van der Waals surface area contributed by atoms with Crippen molar-refractivity contribution in [1.29, 1.82) is 0 Å². The highest BCUT2D eigenvalue weighted by Crippen LogP contribution is 2.39. The van der Waals surface area contributed by atoms with Gasteiger partial charge in [-0.25, -0.2) is 19.5 Å². The monoisotopic (exact) mass is 569 g/mol. The van der Waals surface area contributed by atoms with Crippen molar-refractivity contribution in [3.8, 4) is 5.75 Å². The minimum Gasteiger partial charge on any atom is -0.404 e. The number of nitrogen functional groups attached to an aromatic ring is 1. The topological polar surface area (TPSA) is 145 Å². The molecule has 0 bridgehead atoms. The molecule has 0 saturated heterocycles. The number of benzene rings is 2. The summed E-state index contributed by atoms with van der Waals surface area (Å²) >= 11 is 4.58. The van der Waals surface area contributed by atoms with Crippen LogP contribution in [0.1, 0.15) is 42.3 Å². The summed E-state index contributed by atoms with van der Waals surface area (Å²) in [5, 5.41) is 3.29. The Bertz CT molecular complexity index is 1580. The molecule has 12 heteroatoms. The fourth-order valence-corrected chi connectivity index (χ4v) is 5.08. The smallest absolute Gasteiger partial charge is 0.404 e. The van der Waals surface area contributed by atoms with Crippen LogP contribution in [0.4, 0.5) is 5.82 Å². The summed E-state index contributed by atoms with van der Waals surface area (Å²) in [5.74, 6) is 1.44. The summed E-state index contributed by atoms with van der Waals surface area (Å²) in [6.07, 6.45) is 3.49. The Balaban J connectivity index is 1.74. The molecule has 2 aromatic carbocycles. The number of isothiocyanates is 1. The Hall–Kier alpha value is -3.17. The number of pyridine rings is 1. The lowest BCUT2D eigenvalue weighted by Crippen LogP contribution is -2.07. The van der Waals surface area contributed by atoms with Gasteiger partial charge >= 0.3 is 7.82 Å². The maximum Gasteiger partial charge on any atom is 0.524 e. The van der Waals surface area contributed by atoms with Crippen LogP contribution < -0.4 is 10.3 Å². The van der Waals surface area contributed by atoms with Crippen LogP contribution in [-0.2, 0) is 28.7 Å². The lowest BCUT2D eigenvalue weighted by atomic mass is 10.1. The zero-order chi connectivity index (χ0) is 28.0. The summed E-state index contributed by atoms with van der Waals surface area (Å²) in [7, 11) is -4.65. The van der Waals surface area contributed by atoms with Crippen molar-refractivity contribution in [2.45, 2.75) is 46.1 Å². The molecule has 0 aliphatic rings. The first-order chi connectivity index (χ1) is 18.7. The number of ether oxygens (including phenoxy) is 1. The number of anilines is 1. The van der Waals surface area contributed by atoms with Crippen LogP contribution in [0.5, 0.6) is 5.75 Å². The minimum absolute atomic E-state index is 0.147. The van der Waals surface area contributed by atoms with Crippen LogP contribution in [0.15, 0.2) is 41.4 Å². The van der Waals surface area contributed by atoms with Crippen molar-refractivity contribution in [2.75, 3.05) is 25.5 Å². The number of phosphoric ester groups is 1. The van der Waals surface area contributed by atoms with Gasteiger partial charge in [-0.2, -0.15) is 0 Å². The largest absolute Gasteiger partial charge is 0.524 e. The molecule has 0 amide bonds. The molecule has 4 aromatic rings. The molecule has 0 spiro atoms. The molecule has 39 heavy (non-hydrogen) atoms. The van der Waals surface area contributed by atoms with E-state index in [2.05, 4.69) is 44.9 Å². The highest BCUT2D eigenvalue weighted by molar-refractivity contribution is 7.78. The number of aromatic nitrogens is 3. The van der Waals surface area contributed by atoms with Gasteiger partial charge in [-0.3, -0.25) is 9.79 Å². The molecule has 206 valence electrons. The summed E-state index contributed by atoms with van der Waals surface area (Å²) in [5.41, 5.74) is 11.4. The zero-order valence-corrected chi connectivity index (χ0v) is 23.7. The predicted octanol–water partition coefficient (Wildman–Crippen LogP) is 5.00. The Morgan fingerprint density at radius 2 is 1.92 bits per heavy atom. The third-order valence-corrected chi connectivity index (χ3v) is 6.91. The van der Waals surface area contributed by atoms with E-state index in [1.54, 1.807) is 19.1 Å². The van der Waals surface area contributed by atoms with E-state index < -0.39 is 7.82 Å². The number of fused-ring (bicyclic) bond motifs is 3. The average Bonchev–Trinajstić information content (AvgIpc) is 3.25. The van der Waals surface area contributed by atoms with Crippen molar-refractivity contribution in [3.05, 3.63) is 58.9 Å². The number of hydrogen-bond acceptors (Lipinski definition) is 8. The molecular weight excluding hydrogens is 537 g/mol. The Kier molecular flexibility index (Phi) is 9.45. The molecule has 0 aliphatic heterocycles. The number of unbranched alkanes of at least 4 members (excludes halogenated alkanes) is 1. The molecule has 0 radical (unpaired) electrons. The first-order valence-electron chi connectivity index (χ1n) is 12.7. The second-order valence-electron chi connectivity index (χ2n) is 9.28. The van der Waals surface area contributed by atoms with E-state index in [-0.39, 0.29) is 5.75 Å². The van der Waals surface area contributed by atoms with Gasteiger partial charge in [0.25, 0.3) is 0 Å². The van der Waals surface area contributed by atoms with Crippen LogP contribution >= 0.6 is 20.0 Å². The van der Waals surface area contributed by atoms with Crippen molar-refractivity contribution in [3.63, 3.8) is 0 Å². The summed E-state index contributed by atoms with van der Waals surface area (Å²) in [6.45, 7) is 5.93. The quantitative estimate of drug-likeness (QED) is 0.0876. The fraction of sp³-hybridized carbons (Fsp3) is 0.370. The van der Waals surface area contributed by atoms with E-state index in [1.165, 1.54) is 0 Å². The molecular formula is C27H32N5O5PS. The molecule has 4 N–H and O–H groups in total. The van der Waals surface area contributed by atoms with Gasteiger partial charge in [0, 0.05) is 18.4 Å². The number of aryl methyl sites for hydroxylation is 2. The van der Waals surface area contributed by atoms with Gasteiger partial charge in [-0.05, 0) is 66.9 Å². The molecule has 0 aliphatic carbocycles. The van der Waals surface area contributed by atoms with Crippen LogP contribution in [0, 0.1) is 6.92 Å². The first kappa shape index (κ1) is 28.8. The SMILES string of the molecule is CCCCc1nc2c(N)nc3ccc(CCOCCN=C=S)cc3c2n1Cc1ccc(OP(=O)(O)O)c(C)c1. The Morgan fingerprint density at radius 3 is 2.64 bits per heavy atom. The highest BCUT2D eigenvalue weighted by atomic mass is 32.1. The maximum atomic E-state index is 11.3. The third kappa shape index (κ3) is 7.28. The van der Waals surface area contributed by atoms with Gasteiger partial charge < -0.3 is 19.6 Å². The lowest BCUT2D eigenvalue weighted by Gasteiger charge is -2.14. The molecule has 10 nitrogen and oxygen atoms in total. The molecule has 0 unspecified atom stereocenters. The number of nitrogens with zero attached hydrogens (tertiary/aromatic N) is 4. The number of rotatable bonds is 13. The highest BCUT2D eigenvalue weighted by Gasteiger charge is 2.20. The van der Waals surface area contributed by atoms with Crippen LogP contribution in [-0.4, -0.2) is 49.2 Å². The number of nitrogens with two attached hydrogens (primary N) is 1. The van der Waals surface area contributed by atoms with Crippen molar-refractivity contribution in [2.24, 2.45) is 4.99 Å². The second-order valence-corrected chi connectivity index (χ2v) is 10.6. The number of aliphatic imine (C=N–C) groups is 1. The van der Waals surface area contributed by atoms with Gasteiger partial charge in [0.1, 0.15) is 17.1 Å². The lowest BCUT2D eigenvalue weighted by molar-refractivity contribution is 0.145. The van der Waals surface area contributed by atoms with Crippen LogP contribution in [0.25, 0.3) is 21.9 Å². The van der Waals surface area contributed by atoms with E-state index in [1.807, 2.05) is 18.2 Å². The van der Waals surface area contributed by atoms with Gasteiger partial charge in [-0.15, -0.1) is 0 Å². The number of phosphoric acid groups is 1. The molecule has 0 atom stereocenters. The van der Waals surface area contributed by atoms with Crippen molar-refractivity contribution < 1.29 is 23.6 Å². The maximum absolute atomic E-state index is 11.3. The van der Waals surface area contributed by atoms with Gasteiger partial charge in [0.2, 0.25) is 0 Å². The average molecular weight is 570 g/mol. The van der Waals surface area contributed by atoms with Gasteiger partial charge in [0.05, 0.1) is 36.0 Å². The van der Waals surface area contributed by atoms with Crippen LogP contribution in [0.3, 0.4) is 0 Å². The second kappa shape index (κ2) is 12.8. The summed E-state index contributed by atoms with van der Waals surface area (Å²) < 4.78 is 24.0.